The van der Waals surface area contributed by atoms with Gasteiger partial charge in [0.05, 0.1) is 12.0 Å². The van der Waals surface area contributed by atoms with Crippen molar-refractivity contribution < 1.29 is 4.79 Å². The number of fused-ring (bicyclic) bond motifs is 1. The smallest absolute Gasteiger partial charge is 0.242 e. The van der Waals surface area contributed by atoms with E-state index in [1.54, 1.807) is 12.4 Å². The van der Waals surface area contributed by atoms with Crippen LogP contribution in [0.1, 0.15) is 23.6 Å². The minimum atomic E-state index is -0.731. The van der Waals surface area contributed by atoms with E-state index in [1.165, 1.54) is 11.9 Å². The van der Waals surface area contributed by atoms with Gasteiger partial charge in [0.2, 0.25) is 5.91 Å². The molecule has 158 valence electrons. The predicted octanol–water partition coefficient (Wildman–Crippen LogP) is 5.57. The van der Waals surface area contributed by atoms with Crippen molar-refractivity contribution in [2.75, 3.05) is 4.90 Å². The summed E-state index contributed by atoms with van der Waals surface area (Å²) in [5.74, 6) is 0.0880. The highest BCUT2D eigenvalue weighted by atomic mass is 32.2. The largest absolute Gasteiger partial charge is 0.307 e. The maximum Gasteiger partial charge on any atom is 0.242 e. The molecule has 1 aromatic heterocycles. The fraction of sp³-hybridized carbons (Fsp3) is 0.111. The molecule has 1 aliphatic rings. The molecule has 5 rings (SSSR count). The highest BCUT2D eigenvalue weighted by Gasteiger charge is 2.48. The molecule has 1 amide bonds. The Morgan fingerprint density at radius 1 is 0.875 bits per heavy atom. The summed E-state index contributed by atoms with van der Waals surface area (Å²) in [6, 6.07) is 28.4. The van der Waals surface area contributed by atoms with E-state index in [4.69, 9.17) is 5.14 Å². The third-order valence-electron chi connectivity index (χ3n) is 6.28. The Morgan fingerprint density at radius 3 is 2.22 bits per heavy atom. The standard InChI is InChI=1S/C27H23N3OS/c1-27(22-10-12-23(32-28)13-11-22)24-4-2-3-5-25(24)30(26(27)31)18-19-6-8-20(9-7-19)21-14-16-29-17-15-21/h2-17H,18,28H2,1H3. The van der Waals surface area contributed by atoms with Crippen molar-refractivity contribution >= 4 is 23.5 Å². The van der Waals surface area contributed by atoms with E-state index in [1.807, 2.05) is 66.4 Å². The Hall–Kier alpha value is -3.41. The zero-order valence-electron chi connectivity index (χ0n) is 17.7. The van der Waals surface area contributed by atoms with Crippen molar-refractivity contribution in [2.45, 2.75) is 23.8 Å². The van der Waals surface area contributed by atoms with Gasteiger partial charge in [0.25, 0.3) is 0 Å². The van der Waals surface area contributed by atoms with Crippen LogP contribution in [0.4, 0.5) is 5.69 Å². The van der Waals surface area contributed by atoms with E-state index in [2.05, 4.69) is 35.3 Å². The molecule has 4 aromatic rings. The Labute approximate surface area is 192 Å². The molecule has 1 aliphatic heterocycles. The van der Waals surface area contributed by atoms with Gasteiger partial charge in [-0.05, 0) is 77.0 Å². The van der Waals surface area contributed by atoms with Crippen molar-refractivity contribution in [3.05, 3.63) is 114 Å². The fourth-order valence-corrected chi connectivity index (χ4v) is 4.75. The normalized spacial score (nSPS) is 17.4. The summed E-state index contributed by atoms with van der Waals surface area (Å²) in [6.07, 6.45) is 3.59. The lowest BCUT2D eigenvalue weighted by molar-refractivity contribution is -0.121. The van der Waals surface area contributed by atoms with Gasteiger partial charge in [-0.15, -0.1) is 0 Å². The first-order valence-electron chi connectivity index (χ1n) is 10.5. The zero-order valence-corrected chi connectivity index (χ0v) is 18.5. The van der Waals surface area contributed by atoms with Gasteiger partial charge >= 0.3 is 0 Å². The average Bonchev–Trinajstić information content (AvgIpc) is 3.08. The van der Waals surface area contributed by atoms with Gasteiger partial charge in [-0.3, -0.25) is 14.9 Å². The van der Waals surface area contributed by atoms with Crippen molar-refractivity contribution in [1.82, 2.24) is 4.98 Å². The summed E-state index contributed by atoms with van der Waals surface area (Å²) in [5.41, 5.74) is 5.59. The second kappa shape index (κ2) is 8.26. The van der Waals surface area contributed by atoms with Gasteiger partial charge in [-0.25, -0.2) is 0 Å². The third kappa shape index (κ3) is 3.40. The first-order chi connectivity index (χ1) is 15.6. The third-order valence-corrected chi connectivity index (χ3v) is 6.83. The number of hydrogen-bond donors (Lipinski definition) is 1. The molecule has 5 heteroatoms. The molecule has 0 fully saturated rings. The van der Waals surface area contributed by atoms with E-state index in [0.29, 0.717) is 6.54 Å². The fourth-order valence-electron chi connectivity index (χ4n) is 4.46. The number of hydrogen-bond acceptors (Lipinski definition) is 4. The van der Waals surface area contributed by atoms with Gasteiger partial charge in [0.15, 0.2) is 0 Å². The number of aromatic nitrogens is 1. The van der Waals surface area contributed by atoms with E-state index in [0.717, 1.165) is 38.4 Å². The highest BCUT2D eigenvalue weighted by molar-refractivity contribution is 7.97. The Kier molecular flexibility index (Phi) is 5.29. The second-order valence-electron chi connectivity index (χ2n) is 8.11. The topological polar surface area (TPSA) is 59.2 Å². The molecule has 1 atom stereocenters. The number of carbonyl (C=O) groups excluding carboxylic acids is 1. The van der Waals surface area contributed by atoms with Crippen LogP contribution < -0.4 is 10.0 Å². The predicted molar refractivity (Wildman–Crippen MR) is 130 cm³/mol. The minimum absolute atomic E-state index is 0.0880. The minimum Gasteiger partial charge on any atom is -0.307 e. The Morgan fingerprint density at radius 2 is 1.53 bits per heavy atom. The number of carbonyl (C=O) groups is 1. The summed E-state index contributed by atoms with van der Waals surface area (Å²) in [4.78, 5) is 20.8. The molecule has 0 aliphatic carbocycles. The number of amides is 1. The molecule has 0 saturated heterocycles. The van der Waals surface area contributed by atoms with Gasteiger partial charge in [-0.1, -0.05) is 54.6 Å². The van der Waals surface area contributed by atoms with Crippen molar-refractivity contribution in [1.29, 1.82) is 0 Å². The van der Waals surface area contributed by atoms with Gasteiger partial charge in [-0.2, -0.15) is 0 Å². The van der Waals surface area contributed by atoms with Crippen LogP contribution in [-0.4, -0.2) is 10.9 Å². The van der Waals surface area contributed by atoms with Crippen molar-refractivity contribution in [2.24, 2.45) is 5.14 Å². The molecule has 4 nitrogen and oxygen atoms in total. The summed E-state index contributed by atoms with van der Waals surface area (Å²) >= 11 is 1.21. The maximum atomic E-state index is 13.8. The second-order valence-corrected chi connectivity index (χ2v) is 8.82. The van der Waals surface area contributed by atoms with Crippen LogP contribution in [0.25, 0.3) is 11.1 Å². The van der Waals surface area contributed by atoms with Gasteiger partial charge in [0, 0.05) is 23.0 Å². The first kappa shape index (κ1) is 20.5. The summed E-state index contributed by atoms with van der Waals surface area (Å²) in [6.45, 7) is 2.55. The Balaban J connectivity index is 1.48. The van der Waals surface area contributed by atoms with Crippen LogP contribution >= 0.6 is 11.9 Å². The van der Waals surface area contributed by atoms with E-state index in [9.17, 15) is 4.79 Å². The van der Waals surface area contributed by atoms with Crippen LogP contribution in [0.15, 0.2) is 102 Å². The monoisotopic (exact) mass is 437 g/mol. The molecular formula is C27H23N3OS. The van der Waals surface area contributed by atoms with Crippen molar-refractivity contribution in [3.8, 4) is 11.1 Å². The highest BCUT2D eigenvalue weighted by Crippen LogP contribution is 2.46. The number of anilines is 1. The number of benzene rings is 3. The molecule has 1 unspecified atom stereocenters. The van der Waals surface area contributed by atoms with E-state index < -0.39 is 5.41 Å². The first-order valence-corrected chi connectivity index (χ1v) is 11.4. The number of nitrogens with zero attached hydrogens (tertiary/aromatic N) is 2. The Bertz CT molecular complexity index is 1260. The molecule has 3 aromatic carbocycles. The number of rotatable bonds is 5. The zero-order chi connectivity index (χ0) is 22.1. The molecular weight excluding hydrogens is 414 g/mol. The molecule has 0 spiro atoms. The van der Waals surface area contributed by atoms with Crippen molar-refractivity contribution in [3.63, 3.8) is 0 Å². The lowest BCUT2D eigenvalue weighted by Crippen LogP contribution is -2.38. The molecule has 0 saturated carbocycles. The molecule has 2 heterocycles. The maximum absolute atomic E-state index is 13.8. The summed E-state index contributed by atoms with van der Waals surface area (Å²) < 4.78 is 0. The van der Waals surface area contributed by atoms with Crippen LogP contribution in [-0.2, 0) is 16.8 Å². The number of pyridine rings is 1. The van der Waals surface area contributed by atoms with Crippen LogP contribution in [0.3, 0.4) is 0 Å². The average molecular weight is 438 g/mol. The lowest BCUT2D eigenvalue weighted by atomic mass is 9.77. The summed E-state index contributed by atoms with van der Waals surface area (Å²) in [5, 5.41) is 5.68. The quantitative estimate of drug-likeness (QED) is 0.415. The molecule has 2 N–H and O–H groups in total. The number of nitrogens with two attached hydrogens (primary N) is 1. The van der Waals surface area contributed by atoms with Gasteiger partial charge in [0.1, 0.15) is 0 Å². The summed E-state index contributed by atoms with van der Waals surface area (Å²) in [7, 11) is 0. The van der Waals surface area contributed by atoms with Crippen LogP contribution in [0.5, 0.6) is 0 Å². The number of para-hydroxylation sites is 1. The molecule has 32 heavy (non-hydrogen) atoms. The molecule has 0 bridgehead atoms. The van der Waals surface area contributed by atoms with E-state index in [-0.39, 0.29) is 5.91 Å². The lowest BCUT2D eigenvalue weighted by Gasteiger charge is -2.25. The van der Waals surface area contributed by atoms with E-state index >= 15 is 0 Å². The SMILES string of the molecule is CC1(c2ccc(SN)cc2)C(=O)N(Cc2ccc(-c3ccncc3)cc2)c2ccccc21. The van der Waals surface area contributed by atoms with Crippen LogP contribution in [0.2, 0.25) is 0 Å². The van der Waals surface area contributed by atoms with Gasteiger partial charge < -0.3 is 4.90 Å². The van der Waals surface area contributed by atoms with Crippen LogP contribution in [0, 0.1) is 0 Å². The molecule has 0 radical (unpaired) electrons.